The van der Waals surface area contributed by atoms with Crippen LogP contribution in [0.4, 0.5) is 0 Å². The lowest BCUT2D eigenvalue weighted by atomic mass is 9.89. The Morgan fingerprint density at radius 3 is 2.56 bits per heavy atom. The van der Waals surface area contributed by atoms with E-state index in [4.69, 9.17) is 4.74 Å². The van der Waals surface area contributed by atoms with Crippen LogP contribution >= 0.6 is 0 Å². The van der Waals surface area contributed by atoms with Crippen LogP contribution in [0.2, 0.25) is 0 Å². The summed E-state index contributed by atoms with van der Waals surface area (Å²) in [5, 5.41) is 0. The fourth-order valence-corrected chi connectivity index (χ4v) is 1.92. The highest BCUT2D eigenvalue weighted by Gasteiger charge is 2.13. The van der Waals surface area contributed by atoms with Gasteiger partial charge in [0, 0.05) is 12.0 Å². The minimum Gasteiger partial charge on any atom is -0.497 e. The third kappa shape index (κ3) is 2.34. The molecule has 0 amide bonds. The van der Waals surface area contributed by atoms with E-state index in [1.165, 1.54) is 0 Å². The van der Waals surface area contributed by atoms with Crippen molar-refractivity contribution in [2.24, 2.45) is 0 Å². The molecule has 0 spiro atoms. The molecule has 2 nitrogen and oxygen atoms in total. The Bertz CT molecular complexity index is 568. The molecule has 18 heavy (non-hydrogen) atoms. The Labute approximate surface area is 107 Å². The SMILES string of the molecule is C=CC1=CC=C(c2ccc(OC)cc2)C(=C=O)C1. The highest BCUT2D eigenvalue weighted by Crippen LogP contribution is 2.31. The van der Waals surface area contributed by atoms with Gasteiger partial charge in [-0.1, -0.05) is 36.9 Å². The highest BCUT2D eigenvalue weighted by atomic mass is 16.5. The Morgan fingerprint density at radius 1 is 1.28 bits per heavy atom. The Hall–Kier alpha value is -2.31. The van der Waals surface area contributed by atoms with Gasteiger partial charge in [-0.25, -0.2) is 4.79 Å². The molecule has 0 aromatic heterocycles. The molecular weight excluding hydrogens is 224 g/mol. The summed E-state index contributed by atoms with van der Waals surface area (Å²) in [6.45, 7) is 3.72. The smallest absolute Gasteiger partial charge is 0.128 e. The molecule has 0 N–H and O–H groups in total. The van der Waals surface area contributed by atoms with Gasteiger partial charge in [0.25, 0.3) is 0 Å². The van der Waals surface area contributed by atoms with E-state index in [1.807, 2.05) is 42.4 Å². The standard InChI is InChI=1S/C16H14O2/c1-3-12-4-9-16(14(10-12)11-17)13-5-7-15(18-2)8-6-13/h3-9H,1,10H2,2H3. The molecular formula is C16H14O2. The number of methoxy groups -OCH3 is 1. The molecule has 1 aliphatic rings. The van der Waals surface area contributed by atoms with Crippen LogP contribution in [0.3, 0.4) is 0 Å². The minimum absolute atomic E-state index is 0.588. The third-order valence-electron chi connectivity index (χ3n) is 2.96. The number of benzene rings is 1. The van der Waals surface area contributed by atoms with Gasteiger partial charge in [0.15, 0.2) is 0 Å². The van der Waals surface area contributed by atoms with Gasteiger partial charge >= 0.3 is 0 Å². The normalized spacial score (nSPS) is 14.4. The van der Waals surface area contributed by atoms with Crippen molar-refractivity contribution in [1.29, 1.82) is 0 Å². The molecule has 2 heteroatoms. The summed E-state index contributed by atoms with van der Waals surface area (Å²) < 4.78 is 5.12. The first kappa shape index (κ1) is 12.2. The van der Waals surface area contributed by atoms with Gasteiger partial charge in [0.05, 0.1) is 7.11 Å². The van der Waals surface area contributed by atoms with Crippen LogP contribution < -0.4 is 4.74 Å². The van der Waals surface area contributed by atoms with Gasteiger partial charge < -0.3 is 4.74 Å². The number of carbonyl (C=O) groups excluding carboxylic acids is 1. The molecule has 0 saturated carbocycles. The lowest BCUT2D eigenvalue weighted by molar-refractivity contribution is 0.415. The van der Waals surface area contributed by atoms with Gasteiger partial charge in [-0.2, -0.15) is 0 Å². The lowest BCUT2D eigenvalue weighted by Crippen LogP contribution is -1.97. The highest BCUT2D eigenvalue weighted by molar-refractivity contribution is 5.90. The minimum atomic E-state index is 0.588. The van der Waals surface area contributed by atoms with E-state index in [0.717, 1.165) is 22.5 Å². The van der Waals surface area contributed by atoms with E-state index in [0.29, 0.717) is 12.0 Å². The quantitative estimate of drug-likeness (QED) is 0.755. The van der Waals surface area contributed by atoms with E-state index in [-0.39, 0.29) is 0 Å². The van der Waals surface area contributed by atoms with Crippen molar-refractivity contribution < 1.29 is 9.53 Å². The zero-order valence-electron chi connectivity index (χ0n) is 10.3. The van der Waals surface area contributed by atoms with E-state index in [1.54, 1.807) is 13.2 Å². The molecule has 0 bridgehead atoms. The summed E-state index contributed by atoms with van der Waals surface area (Å²) in [5.41, 5.74) is 3.61. The van der Waals surface area contributed by atoms with Crippen LogP contribution in [0.25, 0.3) is 5.57 Å². The van der Waals surface area contributed by atoms with Crippen molar-refractivity contribution >= 4 is 11.5 Å². The van der Waals surface area contributed by atoms with E-state index < -0.39 is 0 Å². The van der Waals surface area contributed by atoms with Crippen molar-refractivity contribution in [3.05, 3.63) is 65.8 Å². The van der Waals surface area contributed by atoms with Crippen molar-refractivity contribution in [2.75, 3.05) is 7.11 Å². The maximum Gasteiger partial charge on any atom is 0.128 e. The van der Waals surface area contributed by atoms with Crippen LogP contribution in [0.15, 0.2) is 60.2 Å². The molecule has 0 fully saturated rings. The topological polar surface area (TPSA) is 26.3 Å². The first-order valence-corrected chi connectivity index (χ1v) is 5.70. The molecule has 0 heterocycles. The molecule has 90 valence electrons. The van der Waals surface area contributed by atoms with Gasteiger partial charge in [-0.3, -0.25) is 0 Å². The maximum atomic E-state index is 11.0. The third-order valence-corrected chi connectivity index (χ3v) is 2.96. The van der Waals surface area contributed by atoms with Crippen LogP contribution in [-0.2, 0) is 4.79 Å². The van der Waals surface area contributed by atoms with Crippen LogP contribution in [0, 0.1) is 0 Å². The summed E-state index contributed by atoms with van der Waals surface area (Å²) >= 11 is 0. The summed E-state index contributed by atoms with van der Waals surface area (Å²) in [4.78, 5) is 11.0. The maximum absolute atomic E-state index is 11.0. The number of rotatable bonds is 3. The van der Waals surface area contributed by atoms with Gasteiger partial charge in [-0.05, 0) is 28.8 Å². The first-order chi connectivity index (χ1) is 8.78. The van der Waals surface area contributed by atoms with Gasteiger partial charge in [0.2, 0.25) is 0 Å². The number of allylic oxidation sites excluding steroid dienone is 6. The zero-order valence-corrected chi connectivity index (χ0v) is 10.3. The molecule has 0 unspecified atom stereocenters. The largest absolute Gasteiger partial charge is 0.497 e. The summed E-state index contributed by atoms with van der Waals surface area (Å²) in [5.74, 6) is 2.82. The molecule has 2 rings (SSSR count). The number of hydrogen-bond donors (Lipinski definition) is 0. The van der Waals surface area contributed by atoms with Crippen molar-refractivity contribution in [1.82, 2.24) is 0 Å². The summed E-state index contributed by atoms with van der Waals surface area (Å²) in [6, 6.07) is 7.64. The second-order valence-corrected chi connectivity index (χ2v) is 4.01. The lowest BCUT2D eigenvalue weighted by Gasteiger charge is -2.14. The Balaban J connectivity index is 2.41. The van der Waals surface area contributed by atoms with Crippen molar-refractivity contribution in [2.45, 2.75) is 6.42 Å². The van der Waals surface area contributed by atoms with Crippen molar-refractivity contribution in [3.8, 4) is 5.75 Å². The Morgan fingerprint density at radius 2 is 2.00 bits per heavy atom. The molecule has 1 aromatic rings. The summed E-state index contributed by atoms with van der Waals surface area (Å²) in [6.07, 6.45) is 6.26. The molecule has 1 aromatic carbocycles. The molecule has 0 radical (unpaired) electrons. The van der Waals surface area contributed by atoms with E-state index in [9.17, 15) is 4.79 Å². The predicted molar refractivity (Wildman–Crippen MR) is 73.1 cm³/mol. The molecule has 0 aliphatic heterocycles. The molecule has 0 saturated heterocycles. The van der Waals surface area contributed by atoms with Crippen LogP contribution in [0.1, 0.15) is 12.0 Å². The van der Waals surface area contributed by atoms with Gasteiger partial charge in [0.1, 0.15) is 11.7 Å². The zero-order chi connectivity index (χ0) is 13.0. The van der Waals surface area contributed by atoms with Gasteiger partial charge in [-0.15, -0.1) is 0 Å². The second-order valence-electron chi connectivity index (χ2n) is 4.01. The monoisotopic (exact) mass is 238 g/mol. The predicted octanol–water partition coefficient (Wildman–Crippen LogP) is 3.35. The molecule has 1 aliphatic carbocycles. The fraction of sp³-hybridized carbons (Fsp3) is 0.125. The first-order valence-electron chi connectivity index (χ1n) is 5.70. The fourth-order valence-electron chi connectivity index (χ4n) is 1.92. The van der Waals surface area contributed by atoms with Crippen LogP contribution in [-0.4, -0.2) is 13.1 Å². The molecule has 0 atom stereocenters. The van der Waals surface area contributed by atoms with E-state index >= 15 is 0 Å². The average molecular weight is 238 g/mol. The number of hydrogen-bond acceptors (Lipinski definition) is 2. The Kier molecular flexibility index (Phi) is 3.61. The number of ether oxygens (including phenoxy) is 1. The second kappa shape index (κ2) is 5.35. The van der Waals surface area contributed by atoms with Crippen LogP contribution in [0.5, 0.6) is 5.75 Å². The summed E-state index contributed by atoms with van der Waals surface area (Å²) in [7, 11) is 1.63. The van der Waals surface area contributed by atoms with Crippen molar-refractivity contribution in [3.63, 3.8) is 0 Å². The van der Waals surface area contributed by atoms with E-state index in [2.05, 4.69) is 6.58 Å². The average Bonchev–Trinajstić information content (AvgIpc) is 2.46.